The molecule has 2 rings (SSSR count). The number of aliphatic imine (C=N–C) groups is 1. The molecule has 2 unspecified atom stereocenters. The van der Waals surface area contributed by atoms with Crippen molar-refractivity contribution in [2.24, 2.45) is 4.99 Å². The Morgan fingerprint density at radius 2 is 2.04 bits per heavy atom. The number of carbonyl (C=O) groups excluding carboxylic acids is 1. The number of nitrogens with one attached hydrogen (secondary N) is 3. The maximum atomic E-state index is 11.9. The van der Waals surface area contributed by atoms with Crippen LogP contribution in [0.1, 0.15) is 19.8 Å². The molecule has 2 atom stereocenters. The van der Waals surface area contributed by atoms with Crippen LogP contribution in [-0.2, 0) is 14.6 Å². The quantitative estimate of drug-likeness (QED) is 0.335. The van der Waals surface area contributed by atoms with Crippen LogP contribution in [-0.4, -0.2) is 63.2 Å². The van der Waals surface area contributed by atoms with Crippen molar-refractivity contribution in [1.29, 1.82) is 0 Å². The van der Waals surface area contributed by atoms with Gasteiger partial charge in [0.2, 0.25) is 5.91 Å². The van der Waals surface area contributed by atoms with Crippen molar-refractivity contribution < 1.29 is 13.2 Å². The van der Waals surface area contributed by atoms with E-state index in [0.29, 0.717) is 24.2 Å². The summed E-state index contributed by atoms with van der Waals surface area (Å²) in [6, 6.07) is 9.96. The van der Waals surface area contributed by atoms with Gasteiger partial charge in [-0.2, -0.15) is 0 Å². The van der Waals surface area contributed by atoms with Crippen molar-refractivity contribution >= 4 is 33.5 Å². The van der Waals surface area contributed by atoms with Crippen molar-refractivity contribution in [1.82, 2.24) is 16.0 Å². The van der Waals surface area contributed by atoms with Gasteiger partial charge in [-0.15, -0.1) is 11.8 Å². The Bertz CT molecular complexity index is 738. The zero-order valence-corrected chi connectivity index (χ0v) is 17.4. The zero-order chi connectivity index (χ0) is 19.7. The molecule has 0 aromatic heterocycles. The molecule has 1 amide bonds. The van der Waals surface area contributed by atoms with Crippen LogP contribution < -0.4 is 16.0 Å². The second kappa shape index (κ2) is 10.6. The molecule has 9 heteroatoms. The lowest BCUT2D eigenvalue weighted by Gasteiger charge is -2.16. The van der Waals surface area contributed by atoms with Crippen LogP contribution in [0.5, 0.6) is 0 Å². The highest BCUT2D eigenvalue weighted by molar-refractivity contribution is 8.00. The molecule has 0 spiro atoms. The summed E-state index contributed by atoms with van der Waals surface area (Å²) in [7, 11) is -1.29. The molecule has 1 fully saturated rings. The minimum Gasteiger partial charge on any atom is -0.356 e. The van der Waals surface area contributed by atoms with Crippen molar-refractivity contribution in [3.8, 4) is 0 Å². The molecule has 1 aliphatic heterocycles. The van der Waals surface area contributed by atoms with Gasteiger partial charge in [0.15, 0.2) is 15.8 Å². The van der Waals surface area contributed by atoms with Crippen molar-refractivity contribution in [3.63, 3.8) is 0 Å². The normalized spacial score (nSPS) is 20.1. The Balaban J connectivity index is 1.63. The molecule has 0 radical (unpaired) electrons. The number of benzene rings is 1. The van der Waals surface area contributed by atoms with E-state index in [1.807, 2.05) is 18.2 Å². The van der Waals surface area contributed by atoms with E-state index in [2.05, 4.69) is 40.0 Å². The molecule has 0 aliphatic carbocycles. The summed E-state index contributed by atoms with van der Waals surface area (Å²) in [5, 5.41) is 9.51. The van der Waals surface area contributed by atoms with Gasteiger partial charge in [-0.1, -0.05) is 25.1 Å². The molecule has 1 aliphatic rings. The van der Waals surface area contributed by atoms with E-state index in [-0.39, 0.29) is 29.9 Å². The first-order chi connectivity index (χ1) is 12.9. The van der Waals surface area contributed by atoms with Gasteiger partial charge in [0.25, 0.3) is 0 Å². The minimum absolute atomic E-state index is 0.0480. The van der Waals surface area contributed by atoms with E-state index >= 15 is 0 Å². The molecular weight excluding hydrogens is 384 g/mol. The van der Waals surface area contributed by atoms with E-state index in [0.717, 1.165) is 6.54 Å². The third-order valence-corrected chi connectivity index (χ3v) is 6.98. The van der Waals surface area contributed by atoms with E-state index in [1.165, 1.54) is 4.90 Å². The average Bonchev–Trinajstić information content (AvgIpc) is 2.97. The molecule has 1 saturated heterocycles. The summed E-state index contributed by atoms with van der Waals surface area (Å²) in [4.78, 5) is 17.3. The first-order valence-corrected chi connectivity index (χ1v) is 11.7. The molecule has 0 bridgehead atoms. The van der Waals surface area contributed by atoms with Gasteiger partial charge in [-0.3, -0.25) is 9.79 Å². The third kappa shape index (κ3) is 8.21. The maximum Gasteiger partial charge on any atom is 0.222 e. The Morgan fingerprint density at radius 3 is 2.67 bits per heavy atom. The van der Waals surface area contributed by atoms with Crippen LogP contribution in [0.15, 0.2) is 40.2 Å². The second-order valence-electron chi connectivity index (χ2n) is 6.54. The van der Waals surface area contributed by atoms with Crippen LogP contribution in [0.25, 0.3) is 0 Å². The number of hydrogen-bond acceptors (Lipinski definition) is 5. The lowest BCUT2D eigenvalue weighted by atomic mass is 10.2. The fraction of sp³-hybridized carbons (Fsp3) is 0.556. The number of sulfone groups is 1. The van der Waals surface area contributed by atoms with Gasteiger partial charge >= 0.3 is 0 Å². The molecule has 7 nitrogen and oxygen atoms in total. The topological polar surface area (TPSA) is 99.7 Å². The molecule has 1 heterocycles. The number of guanidine groups is 1. The summed E-state index contributed by atoms with van der Waals surface area (Å²) in [5.41, 5.74) is 0. The Hall–Kier alpha value is -1.74. The fourth-order valence-electron chi connectivity index (χ4n) is 2.74. The van der Waals surface area contributed by atoms with Crippen molar-refractivity contribution in [3.05, 3.63) is 30.3 Å². The Labute approximate surface area is 165 Å². The van der Waals surface area contributed by atoms with Crippen LogP contribution in [0, 0.1) is 0 Å². The monoisotopic (exact) mass is 412 g/mol. The largest absolute Gasteiger partial charge is 0.356 e. The van der Waals surface area contributed by atoms with Gasteiger partial charge in [0.1, 0.15) is 0 Å². The molecular formula is C18H28N4O3S2. The number of rotatable bonds is 8. The highest BCUT2D eigenvalue weighted by Gasteiger charge is 2.28. The number of hydrogen-bond donors (Lipinski definition) is 3. The fourth-order valence-corrected chi connectivity index (χ4v) is 5.36. The molecule has 150 valence electrons. The molecule has 1 aromatic rings. The highest BCUT2D eigenvalue weighted by atomic mass is 32.2. The lowest BCUT2D eigenvalue weighted by molar-refractivity contribution is -0.121. The lowest BCUT2D eigenvalue weighted by Crippen LogP contribution is -2.42. The molecule has 3 N–H and O–H groups in total. The van der Waals surface area contributed by atoms with E-state index in [4.69, 9.17) is 0 Å². The average molecular weight is 413 g/mol. The third-order valence-electron chi connectivity index (χ3n) is 4.10. The summed E-state index contributed by atoms with van der Waals surface area (Å²) in [6.45, 7) is 3.32. The van der Waals surface area contributed by atoms with Crippen LogP contribution in [0.2, 0.25) is 0 Å². The molecule has 27 heavy (non-hydrogen) atoms. The maximum absolute atomic E-state index is 11.9. The van der Waals surface area contributed by atoms with Crippen LogP contribution in [0.4, 0.5) is 0 Å². The summed E-state index contributed by atoms with van der Waals surface area (Å²) < 4.78 is 22.8. The van der Waals surface area contributed by atoms with Crippen LogP contribution in [0.3, 0.4) is 0 Å². The summed E-state index contributed by atoms with van der Waals surface area (Å²) in [5.74, 6) is 0.706. The first kappa shape index (κ1) is 21.6. The first-order valence-electron chi connectivity index (χ1n) is 9.04. The standard InChI is InChI=1S/C18H28N4O3S2/c1-14(26-16-6-4-3-5-7-16)12-21-18(19-2)20-10-8-17(23)22-15-9-11-27(24,25)13-15/h3-7,14-15H,8-13H2,1-2H3,(H,22,23)(H2,19,20,21). The summed E-state index contributed by atoms with van der Waals surface area (Å²) in [6.07, 6.45) is 0.771. The van der Waals surface area contributed by atoms with Gasteiger partial charge in [-0.25, -0.2) is 8.42 Å². The van der Waals surface area contributed by atoms with E-state index in [1.54, 1.807) is 18.8 Å². The predicted octanol–water partition coefficient (Wildman–Crippen LogP) is 1.03. The Kier molecular flexibility index (Phi) is 8.43. The Morgan fingerprint density at radius 1 is 1.30 bits per heavy atom. The number of nitrogens with zero attached hydrogens (tertiary/aromatic N) is 1. The van der Waals surface area contributed by atoms with Gasteiger partial charge in [0.05, 0.1) is 11.5 Å². The van der Waals surface area contributed by atoms with E-state index < -0.39 is 9.84 Å². The van der Waals surface area contributed by atoms with E-state index in [9.17, 15) is 13.2 Å². The SMILES string of the molecule is CN=C(NCCC(=O)NC1CCS(=O)(=O)C1)NCC(C)Sc1ccccc1. The second-order valence-corrected chi connectivity index (χ2v) is 10.3. The van der Waals surface area contributed by atoms with Crippen molar-refractivity contribution in [2.75, 3.05) is 31.6 Å². The summed E-state index contributed by atoms with van der Waals surface area (Å²) >= 11 is 1.78. The van der Waals surface area contributed by atoms with Gasteiger partial charge < -0.3 is 16.0 Å². The van der Waals surface area contributed by atoms with Crippen LogP contribution >= 0.6 is 11.8 Å². The number of thioether (sulfide) groups is 1. The van der Waals surface area contributed by atoms with Crippen molar-refractivity contribution in [2.45, 2.75) is 36.0 Å². The smallest absolute Gasteiger partial charge is 0.222 e. The highest BCUT2D eigenvalue weighted by Crippen LogP contribution is 2.21. The predicted molar refractivity (Wildman–Crippen MR) is 111 cm³/mol. The van der Waals surface area contributed by atoms with Gasteiger partial charge in [-0.05, 0) is 18.6 Å². The molecule has 1 aromatic carbocycles. The minimum atomic E-state index is -2.98. The zero-order valence-electron chi connectivity index (χ0n) is 15.8. The number of amides is 1. The number of carbonyl (C=O) groups is 1. The van der Waals surface area contributed by atoms with Gasteiger partial charge in [0, 0.05) is 42.7 Å². The molecule has 0 saturated carbocycles.